The Morgan fingerprint density at radius 1 is 1.44 bits per heavy atom. The lowest BCUT2D eigenvalue weighted by Crippen LogP contribution is -2.24. The molecule has 1 atom stereocenters. The zero-order chi connectivity index (χ0) is 13.1. The van der Waals surface area contributed by atoms with Crippen molar-refractivity contribution < 1.29 is 4.39 Å². The van der Waals surface area contributed by atoms with Crippen molar-refractivity contribution in [3.63, 3.8) is 0 Å². The SMILES string of the molecule is CC(Nc1ccc(C(N)=S)c(F)c1)C1CCCC1. The van der Waals surface area contributed by atoms with Crippen molar-refractivity contribution >= 4 is 22.9 Å². The van der Waals surface area contributed by atoms with Crippen LogP contribution in [0, 0.1) is 11.7 Å². The molecule has 3 N–H and O–H groups in total. The Hall–Kier alpha value is -1.16. The largest absolute Gasteiger partial charge is 0.389 e. The Morgan fingerprint density at radius 2 is 2.11 bits per heavy atom. The number of nitrogens with one attached hydrogen (secondary N) is 1. The van der Waals surface area contributed by atoms with Crippen LogP contribution in [0.5, 0.6) is 0 Å². The molecule has 1 aliphatic rings. The van der Waals surface area contributed by atoms with Gasteiger partial charge in [-0.3, -0.25) is 0 Å². The highest BCUT2D eigenvalue weighted by Gasteiger charge is 2.21. The van der Waals surface area contributed by atoms with Gasteiger partial charge in [0.25, 0.3) is 0 Å². The monoisotopic (exact) mass is 266 g/mol. The van der Waals surface area contributed by atoms with Gasteiger partial charge in [0.15, 0.2) is 0 Å². The van der Waals surface area contributed by atoms with E-state index in [0.717, 1.165) is 5.69 Å². The predicted octanol–water partition coefficient (Wildman–Crippen LogP) is 3.45. The predicted molar refractivity (Wildman–Crippen MR) is 77.3 cm³/mol. The highest BCUT2D eigenvalue weighted by atomic mass is 32.1. The maximum absolute atomic E-state index is 13.7. The minimum atomic E-state index is -0.355. The lowest BCUT2D eigenvalue weighted by atomic mass is 9.99. The number of hydrogen-bond acceptors (Lipinski definition) is 2. The summed E-state index contributed by atoms with van der Waals surface area (Å²) in [7, 11) is 0. The molecular weight excluding hydrogens is 247 g/mol. The molecule has 1 unspecified atom stereocenters. The van der Waals surface area contributed by atoms with Crippen LogP contribution in [-0.2, 0) is 0 Å². The Labute approximate surface area is 113 Å². The standard InChI is InChI=1S/C14H19FN2S/c1-9(10-4-2-3-5-10)17-11-6-7-12(14(16)18)13(15)8-11/h6-10,17H,2-5H2,1H3,(H2,16,18). The number of thiocarbonyl (C=S) groups is 1. The topological polar surface area (TPSA) is 38.0 Å². The second-order valence-corrected chi connectivity index (χ2v) is 5.48. The molecule has 0 aromatic heterocycles. The van der Waals surface area contributed by atoms with E-state index in [0.29, 0.717) is 17.5 Å². The van der Waals surface area contributed by atoms with Crippen molar-refractivity contribution in [2.45, 2.75) is 38.6 Å². The third-order valence-corrected chi connectivity index (χ3v) is 3.96. The van der Waals surface area contributed by atoms with E-state index in [1.54, 1.807) is 6.07 Å². The van der Waals surface area contributed by atoms with Gasteiger partial charge in [0.2, 0.25) is 0 Å². The van der Waals surface area contributed by atoms with Crippen molar-refractivity contribution in [2.75, 3.05) is 5.32 Å². The smallest absolute Gasteiger partial charge is 0.135 e. The number of anilines is 1. The molecule has 2 nitrogen and oxygen atoms in total. The molecule has 1 saturated carbocycles. The molecule has 0 amide bonds. The van der Waals surface area contributed by atoms with Crippen LogP contribution in [0.2, 0.25) is 0 Å². The van der Waals surface area contributed by atoms with E-state index in [4.69, 9.17) is 18.0 Å². The fourth-order valence-electron chi connectivity index (χ4n) is 2.64. The van der Waals surface area contributed by atoms with E-state index in [9.17, 15) is 4.39 Å². The molecule has 1 aliphatic carbocycles. The van der Waals surface area contributed by atoms with Crippen LogP contribution >= 0.6 is 12.2 Å². The van der Waals surface area contributed by atoms with E-state index >= 15 is 0 Å². The number of halogens is 1. The molecule has 1 fully saturated rings. The van der Waals surface area contributed by atoms with E-state index in [1.807, 2.05) is 6.07 Å². The van der Waals surface area contributed by atoms with Crippen LogP contribution in [0.15, 0.2) is 18.2 Å². The molecule has 2 rings (SSSR count). The van der Waals surface area contributed by atoms with Crippen LogP contribution in [0.1, 0.15) is 38.2 Å². The number of rotatable bonds is 4. The lowest BCUT2D eigenvalue weighted by Gasteiger charge is -2.21. The van der Waals surface area contributed by atoms with Gasteiger partial charge in [0.1, 0.15) is 10.8 Å². The Bertz CT molecular complexity index is 441. The molecule has 0 radical (unpaired) electrons. The van der Waals surface area contributed by atoms with Crippen LogP contribution in [0.3, 0.4) is 0 Å². The number of hydrogen-bond donors (Lipinski definition) is 2. The summed E-state index contributed by atoms with van der Waals surface area (Å²) in [4.78, 5) is 0.0999. The van der Waals surface area contributed by atoms with Gasteiger partial charge >= 0.3 is 0 Å². The first-order valence-corrected chi connectivity index (χ1v) is 6.84. The first-order valence-electron chi connectivity index (χ1n) is 6.44. The Balaban J connectivity index is 2.05. The molecule has 98 valence electrons. The molecular formula is C14H19FN2S. The summed E-state index contributed by atoms with van der Waals surface area (Å²) >= 11 is 4.79. The highest BCUT2D eigenvalue weighted by Crippen LogP contribution is 2.29. The minimum Gasteiger partial charge on any atom is -0.389 e. The summed E-state index contributed by atoms with van der Waals surface area (Å²) in [6.45, 7) is 2.16. The van der Waals surface area contributed by atoms with Crippen LogP contribution in [0.4, 0.5) is 10.1 Å². The third kappa shape index (κ3) is 2.99. The summed E-state index contributed by atoms with van der Waals surface area (Å²) in [5.41, 5.74) is 6.54. The average molecular weight is 266 g/mol. The summed E-state index contributed by atoms with van der Waals surface area (Å²) in [5, 5.41) is 3.37. The quantitative estimate of drug-likeness (QED) is 0.820. The second-order valence-electron chi connectivity index (χ2n) is 5.04. The molecule has 0 heterocycles. The van der Waals surface area contributed by atoms with Gasteiger partial charge in [-0.2, -0.15) is 0 Å². The highest BCUT2D eigenvalue weighted by molar-refractivity contribution is 7.80. The number of nitrogens with two attached hydrogens (primary N) is 1. The first kappa shape index (κ1) is 13.3. The van der Waals surface area contributed by atoms with Gasteiger partial charge in [-0.25, -0.2) is 4.39 Å². The zero-order valence-corrected chi connectivity index (χ0v) is 11.4. The molecule has 0 saturated heterocycles. The van der Waals surface area contributed by atoms with E-state index < -0.39 is 0 Å². The second kappa shape index (κ2) is 5.65. The van der Waals surface area contributed by atoms with Crippen molar-refractivity contribution in [1.82, 2.24) is 0 Å². The van der Waals surface area contributed by atoms with Crippen LogP contribution < -0.4 is 11.1 Å². The van der Waals surface area contributed by atoms with E-state index in [1.165, 1.54) is 31.7 Å². The van der Waals surface area contributed by atoms with Crippen LogP contribution in [0.25, 0.3) is 0 Å². The molecule has 1 aromatic carbocycles. The fraction of sp³-hybridized carbons (Fsp3) is 0.500. The lowest BCUT2D eigenvalue weighted by molar-refractivity contribution is 0.482. The van der Waals surface area contributed by atoms with Gasteiger partial charge in [-0.15, -0.1) is 0 Å². The van der Waals surface area contributed by atoms with Crippen molar-refractivity contribution in [3.05, 3.63) is 29.6 Å². The maximum Gasteiger partial charge on any atom is 0.135 e. The van der Waals surface area contributed by atoms with Crippen molar-refractivity contribution in [1.29, 1.82) is 0 Å². The first-order chi connectivity index (χ1) is 8.58. The normalized spacial score (nSPS) is 17.7. The Kier molecular flexibility index (Phi) is 4.17. The van der Waals surface area contributed by atoms with Gasteiger partial charge in [-0.1, -0.05) is 25.1 Å². The molecule has 18 heavy (non-hydrogen) atoms. The fourth-order valence-corrected chi connectivity index (χ4v) is 2.81. The van der Waals surface area contributed by atoms with Crippen molar-refractivity contribution in [3.8, 4) is 0 Å². The molecule has 0 aliphatic heterocycles. The summed E-state index contributed by atoms with van der Waals surface area (Å²) in [6, 6.07) is 5.33. The zero-order valence-electron chi connectivity index (χ0n) is 10.6. The van der Waals surface area contributed by atoms with Gasteiger partial charge in [-0.05, 0) is 43.9 Å². The van der Waals surface area contributed by atoms with Crippen molar-refractivity contribution in [2.24, 2.45) is 11.7 Å². The summed E-state index contributed by atoms with van der Waals surface area (Å²) in [6.07, 6.45) is 5.15. The van der Waals surface area contributed by atoms with Gasteiger partial charge in [0.05, 0.1) is 0 Å². The van der Waals surface area contributed by atoms with Gasteiger partial charge < -0.3 is 11.1 Å². The number of benzene rings is 1. The van der Waals surface area contributed by atoms with Gasteiger partial charge in [0, 0.05) is 17.3 Å². The molecule has 1 aromatic rings. The van der Waals surface area contributed by atoms with E-state index in [2.05, 4.69) is 12.2 Å². The minimum absolute atomic E-state index is 0.0999. The summed E-state index contributed by atoms with van der Waals surface area (Å²) < 4.78 is 13.7. The third-order valence-electron chi connectivity index (χ3n) is 3.74. The van der Waals surface area contributed by atoms with E-state index in [-0.39, 0.29) is 10.8 Å². The maximum atomic E-state index is 13.7. The van der Waals surface area contributed by atoms with Crippen LogP contribution in [-0.4, -0.2) is 11.0 Å². The summed E-state index contributed by atoms with van der Waals surface area (Å²) in [5.74, 6) is 0.342. The average Bonchev–Trinajstić information content (AvgIpc) is 2.81. The molecule has 0 bridgehead atoms. The molecule has 4 heteroatoms. The molecule has 0 spiro atoms. The Morgan fingerprint density at radius 3 is 2.67 bits per heavy atom.